The molecule has 2 amide bonds. The Morgan fingerprint density at radius 1 is 1.12 bits per heavy atom. The number of carbonyl (C=O) groups is 2. The van der Waals surface area contributed by atoms with Crippen molar-refractivity contribution in [1.82, 2.24) is 5.32 Å². The standard InChI is InChI=1S/C19H17N3O4/c23-18(11-8-13-4-1-2-7-17(13)22(25)26)20-16-6-3-5-14(12-16)19(24)21-15-9-10-15/h1-8,11-12,15H,9-10H2,(H,20,23)(H,21,24)/b11-8+. The summed E-state index contributed by atoms with van der Waals surface area (Å²) in [5.74, 6) is -0.609. The average Bonchev–Trinajstić information content (AvgIpc) is 3.44. The van der Waals surface area contributed by atoms with Crippen molar-refractivity contribution >= 4 is 29.3 Å². The topological polar surface area (TPSA) is 101 Å². The Hall–Kier alpha value is -3.48. The lowest BCUT2D eigenvalue weighted by Gasteiger charge is -2.06. The van der Waals surface area contributed by atoms with Crippen LogP contribution >= 0.6 is 0 Å². The first-order chi connectivity index (χ1) is 12.5. The number of amides is 2. The van der Waals surface area contributed by atoms with Crippen LogP contribution in [0.15, 0.2) is 54.6 Å². The van der Waals surface area contributed by atoms with E-state index in [1.165, 1.54) is 18.2 Å². The number of para-hydroxylation sites is 1. The molecule has 0 radical (unpaired) electrons. The monoisotopic (exact) mass is 351 g/mol. The van der Waals surface area contributed by atoms with Crippen molar-refractivity contribution in [2.45, 2.75) is 18.9 Å². The molecule has 0 spiro atoms. The van der Waals surface area contributed by atoms with Crippen molar-refractivity contribution < 1.29 is 14.5 Å². The first kappa shape index (κ1) is 17.3. The number of hydrogen-bond donors (Lipinski definition) is 2. The molecule has 1 fully saturated rings. The molecular weight excluding hydrogens is 334 g/mol. The highest BCUT2D eigenvalue weighted by Gasteiger charge is 2.23. The van der Waals surface area contributed by atoms with Gasteiger partial charge in [-0.25, -0.2) is 0 Å². The van der Waals surface area contributed by atoms with Crippen LogP contribution in [0.25, 0.3) is 6.08 Å². The Labute approximate surface area is 149 Å². The molecule has 0 aromatic heterocycles. The highest BCUT2D eigenvalue weighted by Crippen LogP contribution is 2.20. The summed E-state index contributed by atoms with van der Waals surface area (Å²) in [7, 11) is 0. The van der Waals surface area contributed by atoms with E-state index in [0.29, 0.717) is 16.8 Å². The van der Waals surface area contributed by atoms with E-state index in [1.54, 1.807) is 42.5 Å². The van der Waals surface area contributed by atoms with Crippen LogP contribution in [0.4, 0.5) is 11.4 Å². The Morgan fingerprint density at radius 3 is 2.62 bits per heavy atom. The van der Waals surface area contributed by atoms with Gasteiger partial charge in [0.1, 0.15) is 0 Å². The fraction of sp³-hybridized carbons (Fsp3) is 0.158. The molecule has 7 heteroatoms. The number of anilines is 1. The van der Waals surface area contributed by atoms with Crippen molar-refractivity contribution in [3.63, 3.8) is 0 Å². The number of carbonyl (C=O) groups excluding carboxylic acids is 2. The normalized spacial score (nSPS) is 13.4. The maximum absolute atomic E-state index is 12.1. The van der Waals surface area contributed by atoms with Gasteiger partial charge in [0.25, 0.3) is 11.6 Å². The lowest BCUT2D eigenvalue weighted by Crippen LogP contribution is -2.25. The average molecular weight is 351 g/mol. The van der Waals surface area contributed by atoms with Gasteiger partial charge < -0.3 is 10.6 Å². The molecule has 0 atom stereocenters. The van der Waals surface area contributed by atoms with Gasteiger partial charge in [0.2, 0.25) is 5.91 Å². The number of rotatable bonds is 6. The van der Waals surface area contributed by atoms with Gasteiger partial charge in [0, 0.05) is 29.4 Å². The van der Waals surface area contributed by atoms with E-state index in [1.807, 2.05) is 0 Å². The van der Waals surface area contributed by atoms with Crippen LogP contribution in [0.2, 0.25) is 0 Å². The van der Waals surface area contributed by atoms with Crippen molar-refractivity contribution in [3.05, 3.63) is 75.8 Å². The minimum Gasteiger partial charge on any atom is -0.349 e. The van der Waals surface area contributed by atoms with Crippen LogP contribution in [0.5, 0.6) is 0 Å². The van der Waals surface area contributed by atoms with Crippen LogP contribution in [-0.2, 0) is 4.79 Å². The van der Waals surface area contributed by atoms with Gasteiger partial charge in [-0.15, -0.1) is 0 Å². The molecule has 2 N–H and O–H groups in total. The smallest absolute Gasteiger partial charge is 0.276 e. The molecule has 0 aliphatic heterocycles. The number of nitrogens with zero attached hydrogens (tertiary/aromatic N) is 1. The first-order valence-electron chi connectivity index (χ1n) is 8.16. The molecule has 0 bridgehead atoms. The molecule has 2 aromatic rings. The molecule has 0 saturated heterocycles. The van der Waals surface area contributed by atoms with Crippen LogP contribution in [0, 0.1) is 10.1 Å². The zero-order valence-electron chi connectivity index (χ0n) is 13.8. The highest BCUT2D eigenvalue weighted by atomic mass is 16.6. The number of nitrogens with one attached hydrogen (secondary N) is 2. The Morgan fingerprint density at radius 2 is 1.88 bits per heavy atom. The van der Waals surface area contributed by atoms with E-state index in [9.17, 15) is 19.7 Å². The number of nitro benzene ring substituents is 1. The van der Waals surface area contributed by atoms with E-state index in [2.05, 4.69) is 10.6 Å². The van der Waals surface area contributed by atoms with Gasteiger partial charge in [-0.2, -0.15) is 0 Å². The SMILES string of the molecule is O=C(/C=C/c1ccccc1[N+](=O)[O-])Nc1cccc(C(=O)NC2CC2)c1. The second-order valence-electron chi connectivity index (χ2n) is 5.97. The van der Waals surface area contributed by atoms with Crippen molar-refractivity contribution in [3.8, 4) is 0 Å². The highest BCUT2D eigenvalue weighted by molar-refractivity contribution is 6.03. The van der Waals surface area contributed by atoms with Gasteiger partial charge in [-0.1, -0.05) is 18.2 Å². The van der Waals surface area contributed by atoms with Crippen molar-refractivity contribution in [1.29, 1.82) is 0 Å². The molecule has 2 aromatic carbocycles. The molecule has 3 rings (SSSR count). The second-order valence-corrected chi connectivity index (χ2v) is 5.97. The summed E-state index contributed by atoms with van der Waals surface area (Å²) in [6.07, 6.45) is 4.60. The third kappa shape index (κ3) is 4.54. The van der Waals surface area contributed by atoms with Gasteiger partial charge in [-0.05, 0) is 43.2 Å². The van der Waals surface area contributed by atoms with E-state index in [0.717, 1.165) is 12.8 Å². The fourth-order valence-corrected chi connectivity index (χ4v) is 2.38. The van der Waals surface area contributed by atoms with E-state index in [-0.39, 0.29) is 17.6 Å². The quantitative estimate of drug-likeness (QED) is 0.474. The Balaban J connectivity index is 1.66. The summed E-state index contributed by atoms with van der Waals surface area (Å²) < 4.78 is 0. The second kappa shape index (κ2) is 7.60. The third-order valence-electron chi connectivity index (χ3n) is 3.85. The van der Waals surface area contributed by atoms with Gasteiger partial charge in [0.05, 0.1) is 10.5 Å². The number of nitro groups is 1. The summed E-state index contributed by atoms with van der Waals surface area (Å²) in [6, 6.07) is 13.0. The van der Waals surface area contributed by atoms with Crippen LogP contribution in [0.1, 0.15) is 28.8 Å². The van der Waals surface area contributed by atoms with Crippen molar-refractivity contribution in [2.75, 3.05) is 5.32 Å². The molecule has 26 heavy (non-hydrogen) atoms. The Kier molecular flexibility index (Phi) is 5.07. The summed E-state index contributed by atoms with van der Waals surface area (Å²) in [4.78, 5) is 34.6. The summed E-state index contributed by atoms with van der Waals surface area (Å²) in [6.45, 7) is 0. The van der Waals surface area contributed by atoms with Crippen LogP contribution in [0.3, 0.4) is 0 Å². The van der Waals surface area contributed by atoms with Crippen LogP contribution in [-0.4, -0.2) is 22.8 Å². The Bertz CT molecular complexity index is 888. The largest absolute Gasteiger partial charge is 0.349 e. The molecule has 7 nitrogen and oxygen atoms in total. The minimum atomic E-state index is -0.500. The van der Waals surface area contributed by atoms with Gasteiger partial charge in [-0.3, -0.25) is 19.7 Å². The molecule has 1 aliphatic rings. The maximum atomic E-state index is 12.1. The number of benzene rings is 2. The van der Waals surface area contributed by atoms with Gasteiger partial charge >= 0.3 is 0 Å². The lowest BCUT2D eigenvalue weighted by atomic mass is 10.1. The zero-order valence-corrected chi connectivity index (χ0v) is 13.8. The van der Waals surface area contributed by atoms with Gasteiger partial charge in [0.15, 0.2) is 0 Å². The molecule has 1 saturated carbocycles. The molecule has 1 aliphatic carbocycles. The van der Waals surface area contributed by atoms with E-state index >= 15 is 0 Å². The van der Waals surface area contributed by atoms with E-state index in [4.69, 9.17) is 0 Å². The van der Waals surface area contributed by atoms with Crippen LogP contribution < -0.4 is 10.6 Å². The maximum Gasteiger partial charge on any atom is 0.276 e. The zero-order chi connectivity index (χ0) is 18.5. The summed E-state index contributed by atoms with van der Waals surface area (Å²) in [5.41, 5.74) is 1.21. The van der Waals surface area contributed by atoms with Crippen molar-refractivity contribution in [2.24, 2.45) is 0 Å². The molecule has 0 unspecified atom stereocenters. The fourth-order valence-electron chi connectivity index (χ4n) is 2.38. The predicted molar refractivity (Wildman–Crippen MR) is 97.7 cm³/mol. The number of hydrogen-bond acceptors (Lipinski definition) is 4. The molecule has 132 valence electrons. The lowest BCUT2D eigenvalue weighted by molar-refractivity contribution is -0.385. The summed E-state index contributed by atoms with van der Waals surface area (Å²) >= 11 is 0. The predicted octanol–water partition coefficient (Wildman–Crippen LogP) is 3.14. The van der Waals surface area contributed by atoms with E-state index < -0.39 is 10.8 Å². The molecule has 0 heterocycles. The minimum absolute atomic E-state index is 0.0738. The first-order valence-corrected chi connectivity index (χ1v) is 8.16. The summed E-state index contributed by atoms with van der Waals surface area (Å²) in [5, 5.41) is 16.5. The molecular formula is C19H17N3O4. The third-order valence-corrected chi connectivity index (χ3v) is 3.85.